The normalized spacial score (nSPS) is 38.6. The fraction of sp³-hybridized carbons (Fsp3) is 1.00. The Kier molecular flexibility index (Phi) is 4.81. The smallest absolute Gasteiger partial charge is 0.112 e. The van der Waals surface area contributed by atoms with E-state index in [1.807, 2.05) is 0 Å². The molecule has 0 radical (unpaired) electrons. The van der Waals surface area contributed by atoms with Crippen molar-refractivity contribution in [1.29, 1.82) is 0 Å². The van der Waals surface area contributed by atoms with Crippen LogP contribution >= 0.6 is 0 Å². The summed E-state index contributed by atoms with van der Waals surface area (Å²) >= 11 is 0. The van der Waals surface area contributed by atoms with Crippen molar-refractivity contribution in [2.75, 3.05) is 34.5 Å². The Morgan fingerprint density at radius 1 is 1.14 bits per heavy atom. The Balaban J connectivity index is 2.61. The van der Waals surface area contributed by atoms with Crippen molar-refractivity contribution < 1.29 is 18.9 Å². The molecular weight excluding hydrogens is 184 g/mol. The summed E-state index contributed by atoms with van der Waals surface area (Å²) < 4.78 is 21.5. The van der Waals surface area contributed by atoms with E-state index in [1.54, 1.807) is 21.3 Å². The second kappa shape index (κ2) is 5.66. The van der Waals surface area contributed by atoms with Gasteiger partial charge in [0.1, 0.15) is 12.2 Å². The van der Waals surface area contributed by atoms with Crippen molar-refractivity contribution in [1.82, 2.24) is 0 Å². The van der Waals surface area contributed by atoms with Gasteiger partial charge in [0, 0.05) is 27.2 Å². The number of hydrogen-bond acceptors (Lipinski definition) is 4. The first-order chi connectivity index (χ1) is 6.74. The minimum Gasteiger partial charge on any atom is -0.382 e. The van der Waals surface area contributed by atoms with Crippen molar-refractivity contribution in [2.45, 2.75) is 25.2 Å². The second-order valence-electron chi connectivity index (χ2n) is 3.71. The summed E-state index contributed by atoms with van der Waals surface area (Å²) in [5, 5.41) is 0. The Labute approximate surface area is 85.5 Å². The van der Waals surface area contributed by atoms with Crippen molar-refractivity contribution in [3.8, 4) is 0 Å². The largest absolute Gasteiger partial charge is 0.382 e. The van der Waals surface area contributed by atoms with E-state index in [1.165, 1.54) is 0 Å². The molecule has 1 aliphatic heterocycles. The van der Waals surface area contributed by atoms with Crippen LogP contribution in [0.1, 0.15) is 6.92 Å². The van der Waals surface area contributed by atoms with Gasteiger partial charge in [-0.25, -0.2) is 0 Å². The van der Waals surface area contributed by atoms with E-state index in [0.29, 0.717) is 19.1 Å². The van der Waals surface area contributed by atoms with Crippen LogP contribution in [-0.4, -0.2) is 52.9 Å². The molecule has 14 heavy (non-hydrogen) atoms. The average Bonchev–Trinajstić information content (AvgIpc) is 2.20. The molecule has 0 bridgehead atoms. The first-order valence-electron chi connectivity index (χ1n) is 4.90. The standard InChI is InChI=1S/C10H20O4/c1-7-5-14-8(6-11-2)10(13-4)9(7)12-3/h7-10H,5-6H2,1-4H3/t7-,8-,9+,10+/m1/s1. The number of rotatable bonds is 4. The molecule has 0 N–H and O–H groups in total. The summed E-state index contributed by atoms with van der Waals surface area (Å²) in [6.07, 6.45) is 0.0312. The molecule has 4 atom stereocenters. The van der Waals surface area contributed by atoms with E-state index in [4.69, 9.17) is 18.9 Å². The van der Waals surface area contributed by atoms with Gasteiger partial charge in [0.2, 0.25) is 0 Å². The third-order valence-corrected chi connectivity index (χ3v) is 2.70. The molecule has 0 aromatic carbocycles. The van der Waals surface area contributed by atoms with Gasteiger partial charge in [-0.1, -0.05) is 6.92 Å². The molecule has 0 spiro atoms. The molecule has 0 aromatic heterocycles. The fourth-order valence-corrected chi connectivity index (χ4v) is 1.96. The highest BCUT2D eigenvalue weighted by atomic mass is 16.6. The van der Waals surface area contributed by atoms with Gasteiger partial charge in [0.05, 0.1) is 19.3 Å². The minimum absolute atomic E-state index is 0.0221. The molecule has 0 aromatic rings. The third-order valence-electron chi connectivity index (χ3n) is 2.70. The molecule has 0 saturated carbocycles. The van der Waals surface area contributed by atoms with Crippen LogP contribution in [0, 0.1) is 5.92 Å². The molecule has 1 fully saturated rings. The van der Waals surface area contributed by atoms with E-state index < -0.39 is 0 Å². The van der Waals surface area contributed by atoms with Gasteiger partial charge in [-0.05, 0) is 0 Å². The summed E-state index contributed by atoms with van der Waals surface area (Å²) in [6.45, 7) is 3.35. The molecule has 4 heteroatoms. The SMILES string of the molecule is COC[C@H]1OC[C@@H](C)[C@H](OC)[C@H]1OC. The molecule has 1 heterocycles. The highest BCUT2D eigenvalue weighted by molar-refractivity contribution is 4.87. The van der Waals surface area contributed by atoms with Crippen LogP contribution < -0.4 is 0 Å². The lowest BCUT2D eigenvalue weighted by molar-refractivity contribution is -0.192. The summed E-state index contributed by atoms with van der Waals surface area (Å²) in [5.41, 5.74) is 0. The number of methoxy groups -OCH3 is 3. The van der Waals surface area contributed by atoms with Crippen LogP contribution in [0.4, 0.5) is 0 Å². The van der Waals surface area contributed by atoms with Crippen LogP contribution in [0.15, 0.2) is 0 Å². The van der Waals surface area contributed by atoms with E-state index >= 15 is 0 Å². The quantitative estimate of drug-likeness (QED) is 0.675. The highest BCUT2D eigenvalue weighted by Gasteiger charge is 2.38. The van der Waals surface area contributed by atoms with Gasteiger partial charge < -0.3 is 18.9 Å². The first-order valence-corrected chi connectivity index (χ1v) is 4.90. The molecule has 1 aliphatic rings. The number of ether oxygens (including phenoxy) is 4. The maximum absolute atomic E-state index is 5.64. The predicted octanol–water partition coefficient (Wildman–Crippen LogP) is 0.698. The monoisotopic (exact) mass is 204 g/mol. The third kappa shape index (κ3) is 2.45. The Morgan fingerprint density at radius 3 is 2.29 bits per heavy atom. The van der Waals surface area contributed by atoms with E-state index in [-0.39, 0.29) is 18.3 Å². The van der Waals surface area contributed by atoms with Gasteiger partial charge in [0.25, 0.3) is 0 Å². The lowest BCUT2D eigenvalue weighted by atomic mass is 9.93. The molecular formula is C10H20O4. The van der Waals surface area contributed by atoms with Gasteiger partial charge >= 0.3 is 0 Å². The first kappa shape index (κ1) is 11.9. The molecule has 1 rings (SSSR count). The van der Waals surface area contributed by atoms with Gasteiger partial charge in [0.15, 0.2) is 0 Å². The average molecular weight is 204 g/mol. The van der Waals surface area contributed by atoms with E-state index in [9.17, 15) is 0 Å². The Morgan fingerprint density at radius 2 is 1.79 bits per heavy atom. The Hall–Kier alpha value is -0.160. The van der Waals surface area contributed by atoms with Crippen LogP contribution in [0.2, 0.25) is 0 Å². The van der Waals surface area contributed by atoms with E-state index in [0.717, 1.165) is 0 Å². The van der Waals surface area contributed by atoms with Gasteiger partial charge in [-0.3, -0.25) is 0 Å². The van der Waals surface area contributed by atoms with Crippen LogP contribution in [0.25, 0.3) is 0 Å². The lowest BCUT2D eigenvalue weighted by Gasteiger charge is -2.39. The molecule has 1 saturated heterocycles. The zero-order valence-corrected chi connectivity index (χ0v) is 9.36. The summed E-state index contributed by atoms with van der Waals surface area (Å²) in [6, 6.07) is 0. The van der Waals surface area contributed by atoms with Gasteiger partial charge in [-0.15, -0.1) is 0 Å². The molecule has 0 aliphatic carbocycles. The minimum atomic E-state index is -0.0382. The molecule has 84 valence electrons. The highest BCUT2D eigenvalue weighted by Crippen LogP contribution is 2.24. The van der Waals surface area contributed by atoms with Crippen molar-refractivity contribution in [3.63, 3.8) is 0 Å². The zero-order chi connectivity index (χ0) is 10.6. The fourth-order valence-electron chi connectivity index (χ4n) is 1.96. The van der Waals surface area contributed by atoms with Gasteiger partial charge in [-0.2, -0.15) is 0 Å². The Bertz CT molecular complexity index is 162. The maximum Gasteiger partial charge on any atom is 0.112 e. The number of hydrogen-bond donors (Lipinski definition) is 0. The van der Waals surface area contributed by atoms with Crippen molar-refractivity contribution in [3.05, 3.63) is 0 Å². The second-order valence-corrected chi connectivity index (χ2v) is 3.71. The van der Waals surface area contributed by atoms with E-state index in [2.05, 4.69) is 6.92 Å². The van der Waals surface area contributed by atoms with Crippen LogP contribution in [0.5, 0.6) is 0 Å². The topological polar surface area (TPSA) is 36.9 Å². The maximum atomic E-state index is 5.64. The summed E-state index contributed by atoms with van der Waals surface area (Å²) in [5.74, 6) is 0.359. The molecule has 4 nitrogen and oxygen atoms in total. The summed E-state index contributed by atoms with van der Waals surface area (Å²) in [4.78, 5) is 0. The zero-order valence-electron chi connectivity index (χ0n) is 9.36. The van der Waals surface area contributed by atoms with Crippen molar-refractivity contribution in [2.24, 2.45) is 5.92 Å². The van der Waals surface area contributed by atoms with Crippen LogP contribution in [-0.2, 0) is 18.9 Å². The van der Waals surface area contributed by atoms with Crippen LogP contribution in [0.3, 0.4) is 0 Å². The molecule has 0 amide bonds. The predicted molar refractivity (Wildman–Crippen MR) is 52.4 cm³/mol. The van der Waals surface area contributed by atoms with Crippen molar-refractivity contribution >= 4 is 0 Å². The lowest BCUT2D eigenvalue weighted by Crippen LogP contribution is -2.52. The molecule has 0 unspecified atom stereocenters. The summed E-state index contributed by atoms with van der Waals surface area (Å²) in [7, 11) is 5.05.